The van der Waals surface area contributed by atoms with Crippen LogP contribution in [0.25, 0.3) is 22.3 Å². The summed E-state index contributed by atoms with van der Waals surface area (Å²) in [5.41, 5.74) is 3.74. The maximum absolute atomic E-state index is 10.9. The Balaban J connectivity index is 1.69. The second-order valence-electron chi connectivity index (χ2n) is 6.89. The molecule has 2 heterocycles. The second-order valence-corrected chi connectivity index (χ2v) is 8.19. The Hall–Kier alpha value is -3.57. The topological polar surface area (TPSA) is 103 Å². The maximum Gasteiger partial charge on any atom is 0.196 e. The van der Waals surface area contributed by atoms with Gasteiger partial charge in [-0.3, -0.25) is 4.57 Å². The lowest BCUT2D eigenvalue weighted by molar-refractivity contribution is 0.401. The smallest absolute Gasteiger partial charge is 0.196 e. The summed E-state index contributed by atoms with van der Waals surface area (Å²) in [6.07, 6.45) is 0. The molecule has 0 spiro atoms. The molecule has 0 fully saturated rings. The Morgan fingerprint density at radius 3 is 2.60 bits per heavy atom. The van der Waals surface area contributed by atoms with E-state index in [1.807, 2.05) is 73.9 Å². The normalized spacial score (nSPS) is 13.1. The van der Waals surface area contributed by atoms with Crippen LogP contribution in [0.1, 0.15) is 24.1 Å². The van der Waals surface area contributed by atoms with Crippen molar-refractivity contribution in [3.8, 4) is 11.8 Å². The highest BCUT2D eigenvalue weighted by atomic mass is 32.2. The van der Waals surface area contributed by atoms with Crippen LogP contribution in [0.4, 0.5) is 0 Å². The van der Waals surface area contributed by atoms with Crippen LogP contribution in [0.2, 0.25) is 0 Å². The van der Waals surface area contributed by atoms with Crippen LogP contribution in [-0.2, 0) is 0 Å². The molecule has 2 N–H and O–H groups in total. The van der Waals surface area contributed by atoms with Crippen molar-refractivity contribution in [1.82, 2.24) is 24.7 Å². The van der Waals surface area contributed by atoms with Gasteiger partial charge in [-0.05, 0) is 44.5 Å². The molecular formula is C22H20N6OS. The third kappa shape index (κ3) is 3.55. The number of aromatic amines is 1. The van der Waals surface area contributed by atoms with Crippen molar-refractivity contribution in [2.24, 2.45) is 0 Å². The van der Waals surface area contributed by atoms with Crippen LogP contribution in [0.3, 0.4) is 0 Å². The number of aromatic nitrogens is 5. The van der Waals surface area contributed by atoms with E-state index in [0.717, 1.165) is 28.1 Å². The molecule has 4 aromatic rings. The highest BCUT2D eigenvalue weighted by Crippen LogP contribution is 2.32. The van der Waals surface area contributed by atoms with Crippen LogP contribution in [0.15, 0.2) is 59.4 Å². The Morgan fingerprint density at radius 2 is 1.87 bits per heavy atom. The first-order valence-corrected chi connectivity index (χ1v) is 10.3. The molecular weight excluding hydrogens is 396 g/mol. The van der Waals surface area contributed by atoms with E-state index in [1.54, 1.807) is 0 Å². The van der Waals surface area contributed by atoms with E-state index >= 15 is 0 Å². The largest absolute Gasteiger partial charge is 0.510 e. The lowest BCUT2D eigenvalue weighted by atomic mass is 10.2. The molecule has 0 saturated heterocycles. The zero-order valence-corrected chi connectivity index (χ0v) is 17.6. The number of para-hydroxylation sites is 3. The number of fused-ring (bicyclic) bond motifs is 1. The highest BCUT2D eigenvalue weighted by Gasteiger charge is 2.22. The minimum Gasteiger partial charge on any atom is -0.510 e. The summed E-state index contributed by atoms with van der Waals surface area (Å²) >= 11 is 1.34. The van der Waals surface area contributed by atoms with Crippen LogP contribution in [0.5, 0.6) is 0 Å². The second kappa shape index (κ2) is 8.05. The quantitative estimate of drug-likeness (QED) is 0.277. The highest BCUT2D eigenvalue weighted by molar-refractivity contribution is 7.99. The molecule has 0 bridgehead atoms. The molecule has 150 valence electrons. The molecule has 2 aromatic heterocycles. The molecule has 30 heavy (non-hydrogen) atoms. The Kier molecular flexibility index (Phi) is 5.29. The average molecular weight is 417 g/mol. The molecule has 4 rings (SSSR count). The number of aliphatic hydroxyl groups is 1. The predicted octanol–water partition coefficient (Wildman–Crippen LogP) is 4.73. The van der Waals surface area contributed by atoms with Gasteiger partial charge < -0.3 is 10.1 Å². The third-order valence-electron chi connectivity index (χ3n) is 4.81. The van der Waals surface area contributed by atoms with Gasteiger partial charge in [-0.25, -0.2) is 4.98 Å². The lowest BCUT2D eigenvalue weighted by Gasteiger charge is -2.14. The van der Waals surface area contributed by atoms with Crippen molar-refractivity contribution < 1.29 is 5.11 Å². The number of hydrogen-bond acceptors (Lipinski definition) is 6. The summed E-state index contributed by atoms with van der Waals surface area (Å²) in [7, 11) is 0. The number of nitrogens with zero attached hydrogens (tertiary/aromatic N) is 5. The third-order valence-corrected chi connectivity index (χ3v) is 5.86. The van der Waals surface area contributed by atoms with E-state index in [-0.39, 0.29) is 11.3 Å². The lowest BCUT2D eigenvalue weighted by Crippen LogP contribution is -2.08. The van der Waals surface area contributed by atoms with Gasteiger partial charge in [0.05, 0.1) is 22.0 Å². The first kappa shape index (κ1) is 19.7. The van der Waals surface area contributed by atoms with Gasteiger partial charge in [0.2, 0.25) is 0 Å². The molecule has 0 aliphatic carbocycles. The summed E-state index contributed by atoms with van der Waals surface area (Å²) in [6, 6.07) is 17.6. The van der Waals surface area contributed by atoms with E-state index in [0.29, 0.717) is 11.0 Å². The minimum absolute atomic E-state index is 0.0569. The van der Waals surface area contributed by atoms with Crippen LogP contribution in [0, 0.1) is 25.2 Å². The van der Waals surface area contributed by atoms with Crippen LogP contribution < -0.4 is 0 Å². The molecule has 0 saturated carbocycles. The number of aryl methyl sites for hydroxylation is 2. The van der Waals surface area contributed by atoms with Gasteiger partial charge in [-0.15, -0.1) is 10.2 Å². The molecule has 7 nitrogen and oxygen atoms in total. The summed E-state index contributed by atoms with van der Waals surface area (Å²) in [4.78, 5) is 7.54. The first-order chi connectivity index (χ1) is 14.5. The summed E-state index contributed by atoms with van der Waals surface area (Å²) in [5.74, 6) is 1.04. The molecule has 0 amide bonds. The zero-order chi connectivity index (χ0) is 21.3. The zero-order valence-electron chi connectivity index (χ0n) is 16.8. The number of aliphatic hydroxyl groups excluding tert-OH is 1. The number of H-pyrrole nitrogens is 1. The number of rotatable bonds is 5. The molecule has 2 aromatic carbocycles. The number of allylic oxidation sites excluding steroid dienone is 1. The van der Waals surface area contributed by atoms with Gasteiger partial charge in [0.25, 0.3) is 0 Å². The maximum atomic E-state index is 10.9. The van der Waals surface area contributed by atoms with E-state index < -0.39 is 5.25 Å². The molecule has 0 aliphatic rings. The number of nitrogens with one attached hydrogen (secondary N) is 1. The fourth-order valence-corrected chi connectivity index (χ4v) is 4.20. The molecule has 0 radical (unpaired) electrons. The summed E-state index contributed by atoms with van der Waals surface area (Å²) in [6.45, 7) is 5.74. The Bertz CT molecular complexity index is 1260. The van der Waals surface area contributed by atoms with Gasteiger partial charge in [-0.2, -0.15) is 5.26 Å². The summed E-state index contributed by atoms with van der Waals surface area (Å²) in [5, 5.41) is 29.3. The fourth-order valence-electron chi connectivity index (χ4n) is 3.23. The van der Waals surface area contributed by atoms with Gasteiger partial charge in [-0.1, -0.05) is 42.1 Å². The SMILES string of the molecule is Cc1ccccc1-n1c(C)nnc1SC(C)/C(O)=C(\C#N)c1nc2ccccc2[nH]1. The van der Waals surface area contributed by atoms with Gasteiger partial charge in [0.15, 0.2) is 11.0 Å². The summed E-state index contributed by atoms with van der Waals surface area (Å²) < 4.78 is 1.96. The number of imidazole rings is 1. The van der Waals surface area contributed by atoms with E-state index in [9.17, 15) is 10.4 Å². The Labute approximate surface area is 178 Å². The van der Waals surface area contributed by atoms with Crippen molar-refractivity contribution >= 4 is 28.4 Å². The van der Waals surface area contributed by atoms with Crippen molar-refractivity contribution in [1.29, 1.82) is 5.26 Å². The predicted molar refractivity (Wildman–Crippen MR) is 117 cm³/mol. The molecule has 8 heteroatoms. The average Bonchev–Trinajstić information content (AvgIpc) is 3.32. The fraction of sp³-hybridized carbons (Fsp3) is 0.182. The van der Waals surface area contributed by atoms with Crippen molar-refractivity contribution in [3.05, 3.63) is 71.5 Å². The number of thioether (sulfide) groups is 1. The van der Waals surface area contributed by atoms with Gasteiger partial charge >= 0.3 is 0 Å². The van der Waals surface area contributed by atoms with Crippen LogP contribution in [-0.4, -0.2) is 35.1 Å². The first-order valence-electron chi connectivity index (χ1n) is 9.42. The van der Waals surface area contributed by atoms with E-state index in [2.05, 4.69) is 26.2 Å². The van der Waals surface area contributed by atoms with Crippen molar-refractivity contribution in [3.63, 3.8) is 0 Å². The van der Waals surface area contributed by atoms with Crippen molar-refractivity contribution in [2.75, 3.05) is 0 Å². The number of benzene rings is 2. The number of hydrogen-bond donors (Lipinski definition) is 2. The minimum atomic E-state index is -0.431. The van der Waals surface area contributed by atoms with Gasteiger partial charge in [0, 0.05) is 0 Å². The van der Waals surface area contributed by atoms with E-state index in [1.165, 1.54) is 11.8 Å². The molecule has 0 aliphatic heterocycles. The molecule has 1 atom stereocenters. The standard InChI is InChI=1S/C22H20N6OS/c1-13-8-4-7-11-19(13)28-15(3)26-27-22(28)30-14(2)20(29)16(12-23)21-24-17-9-5-6-10-18(17)25-21/h4-11,14,29H,1-3H3,(H,24,25)/b20-16-. The van der Waals surface area contributed by atoms with E-state index in [4.69, 9.17) is 0 Å². The van der Waals surface area contributed by atoms with Crippen molar-refractivity contribution in [2.45, 2.75) is 31.2 Å². The Morgan fingerprint density at radius 1 is 1.13 bits per heavy atom. The monoisotopic (exact) mass is 416 g/mol. The van der Waals surface area contributed by atoms with Crippen LogP contribution >= 0.6 is 11.8 Å². The molecule has 1 unspecified atom stereocenters. The van der Waals surface area contributed by atoms with Gasteiger partial charge in [0.1, 0.15) is 23.2 Å². The number of nitriles is 1.